The van der Waals surface area contributed by atoms with E-state index in [9.17, 15) is 12.8 Å². The molecule has 2 aliphatic rings. The molecule has 0 bridgehead atoms. The first-order chi connectivity index (χ1) is 9.87. The van der Waals surface area contributed by atoms with Gasteiger partial charge in [0.1, 0.15) is 10.7 Å². The standard InChI is InChI=1S/C14H20FN3O2S/c1-9-6-10(16)7-13(14(9)15)21(19,20)17-11-4-5-18(8-11)12-2-3-12/h6-7,11-12,17H,2-5,8,16H2,1H3. The van der Waals surface area contributed by atoms with Crippen molar-refractivity contribution in [3.63, 3.8) is 0 Å². The van der Waals surface area contributed by atoms with Crippen molar-refractivity contribution in [2.45, 2.75) is 43.2 Å². The number of rotatable bonds is 4. The number of aryl methyl sites for hydroxylation is 1. The number of nitrogens with one attached hydrogen (secondary N) is 1. The first kappa shape index (κ1) is 14.7. The highest BCUT2D eigenvalue weighted by Gasteiger charge is 2.36. The maximum absolute atomic E-state index is 14.1. The van der Waals surface area contributed by atoms with Crippen LogP contribution in [-0.2, 0) is 10.0 Å². The number of anilines is 1. The van der Waals surface area contributed by atoms with E-state index in [-0.39, 0.29) is 22.2 Å². The first-order valence-corrected chi connectivity index (χ1v) is 8.67. The minimum Gasteiger partial charge on any atom is -0.399 e. The maximum atomic E-state index is 14.1. The van der Waals surface area contributed by atoms with Gasteiger partial charge in [0.05, 0.1) is 0 Å². The molecule has 3 N–H and O–H groups in total. The largest absolute Gasteiger partial charge is 0.399 e. The Morgan fingerprint density at radius 1 is 1.33 bits per heavy atom. The molecule has 1 saturated carbocycles. The van der Waals surface area contributed by atoms with Crippen molar-refractivity contribution in [2.75, 3.05) is 18.8 Å². The van der Waals surface area contributed by atoms with E-state index in [0.717, 1.165) is 13.0 Å². The van der Waals surface area contributed by atoms with Gasteiger partial charge < -0.3 is 5.73 Å². The predicted molar refractivity (Wildman–Crippen MR) is 78.9 cm³/mol. The van der Waals surface area contributed by atoms with Crippen molar-refractivity contribution in [2.24, 2.45) is 0 Å². The monoisotopic (exact) mass is 313 g/mol. The van der Waals surface area contributed by atoms with Crippen molar-refractivity contribution in [1.82, 2.24) is 9.62 Å². The van der Waals surface area contributed by atoms with Gasteiger partial charge in [-0.25, -0.2) is 17.5 Å². The summed E-state index contributed by atoms with van der Waals surface area (Å²) in [6.45, 7) is 3.11. The van der Waals surface area contributed by atoms with Gasteiger partial charge in [-0.05, 0) is 43.9 Å². The average molecular weight is 313 g/mol. The van der Waals surface area contributed by atoms with Gasteiger partial charge in [0.15, 0.2) is 0 Å². The zero-order chi connectivity index (χ0) is 15.2. The molecule has 1 unspecified atom stereocenters. The van der Waals surface area contributed by atoms with Crippen LogP contribution < -0.4 is 10.5 Å². The van der Waals surface area contributed by atoms with Crippen molar-refractivity contribution in [3.05, 3.63) is 23.5 Å². The van der Waals surface area contributed by atoms with Crippen LogP contribution in [0.1, 0.15) is 24.8 Å². The molecule has 0 radical (unpaired) electrons. The van der Waals surface area contributed by atoms with Gasteiger partial charge in [-0.2, -0.15) is 0 Å². The molecule has 1 atom stereocenters. The Labute approximate surface area is 124 Å². The number of nitrogen functional groups attached to an aromatic ring is 1. The summed E-state index contributed by atoms with van der Waals surface area (Å²) in [6, 6.07) is 3.07. The smallest absolute Gasteiger partial charge is 0.243 e. The van der Waals surface area contributed by atoms with Crippen LogP contribution in [0.3, 0.4) is 0 Å². The van der Waals surface area contributed by atoms with E-state index in [1.807, 2.05) is 0 Å². The van der Waals surface area contributed by atoms with Crippen LogP contribution in [0.2, 0.25) is 0 Å². The van der Waals surface area contributed by atoms with Crippen molar-refractivity contribution in [3.8, 4) is 0 Å². The number of halogens is 1. The Bertz CT molecular complexity index is 658. The van der Waals surface area contributed by atoms with Gasteiger partial charge in [-0.1, -0.05) is 0 Å². The fourth-order valence-corrected chi connectivity index (χ4v) is 4.34. The third kappa shape index (κ3) is 3.04. The third-order valence-corrected chi connectivity index (χ3v) is 5.66. The Morgan fingerprint density at radius 3 is 2.71 bits per heavy atom. The quantitative estimate of drug-likeness (QED) is 0.820. The molecule has 1 aromatic rings. The fraction of sp³-hybridized carbons (Fsp3) is 0.571. The lowest BCUT2D eigenvalue weighted by Crippen LogP contribution is -2.37. The van der Waals surface area contributed by atoms with E-state index in [0.29, 0.717) is 12.6 Å². The number of nitrogens with zero attached hydrogens (tertiary/aromatic N) is 1. The highest BCUT2D eigenvalue weighted by Crippen LogP contribution is 2.30. The second kappa shape index (κ2) is 5.23. The molecule has 0 amide bonds. The van der Waals surface area contributed by atoms with Crippen LogP contribution in [0.15, 0.2) is 17.0 Å². The van der Waals surface area contributed by atoms with E-state index < -0.39 is 15.8 Å². The first-order valence-electron chi connectivity index (χ1n) is 7.19. The molecule has 0 spiro atoms. The van der Waals surface area contributed by atoms with E-state index >= 15 is 0 Å². The van der Waals surface area contributed by atoms with Crippen LogP contribution in [0.25, 0.3) is 0 Å². The molecule has 1 heterocycles. The minimum absolute atomic E-state index is 0.156. The zero-order valence-electron chi connectivity index (χ0n) is 12.0. The van der Waals surface area contributed by atoms with Gasteiger partial charge in [-0.15, -0.1) is 0 Å². The fourth-order valence-electron chi connectivity index (χ4n) is 2.90. The highest BCUT2D eigenvalue weighted by atomic mass is 32.2. The van der Waals surface area contributed by atoms with Crippen LogP contribution in [-0.4, -0.2) is 38.5 Å². The molecular weight excluding hydrogens is 293 g/mol. The normalized spacial score (nSPS) is 23.6. The summed E-state index contributed by atoms with van der Waals surface area (Å²) < 4.78 is 41.5. The second-order valence-electron chi connectivity index (χ2n) is 5.98. The molecule has 1 saturated heterocycles. The van der Waals surface area contributed by atoms with Crippen molar-refractivity contribution < 1.29 is 12.8 Å². The van der Waals surface area contributed by atoms with Crippen LogP contribution in [0, 0.1) is 12.7 Å². The van der Waals surface area contributed by atoms with Crippen molar-refractivity contribution in [1.29, 1.82) is 0 Å². The summed E-state index contributed by atoms with van der Waals surface area (Å²) in [5, 5.41) is 0. The van der Waals surface area contributed by atoms with Gasteiger partial charge in [0, 0.05) is 30.9 Å². The number of likely N-dealkylation sites (tertiary alicyclic amines) is 1. The van der Waals surface area contributed by atoms with E-state index in [4.69, 9.17) is 5.73 Å². The number of hydrogen-bond acceptors (Lipinski definition) is 4. The number of hydrogen-bond donors (Lipinski definition) is 2. The summed E-state index contributed by atoms with van der Waals surface area (Å²) >= 11 is 0. The Kier molecular flexibility index (Phi) is 3.67. The number of benzene rings is 1. The average Bonchev–Trinajstić information content (AvgIpc) is 3.15. The molecule has 3 rings (SSSR count). The maximum Gasteiger partial charge on any atom is 0.243 e. The molecular formula is C14H20FN3O2S. The Morgan fingerprint density at radius 2 is 2.05 bits per heavy atom. The lowest BCUT2D eigenvalue weighted by Gasteiger charge is -2.16. The topological polar surface area (TPSA) is 75.4 Å². The summed E-state index contributed by atoms with van der Waals surface area (Å²) in [7, 11) is -3.88. The Hall–Kier alpha value is -1.18. The van der Waals surface area contributed by atoms with Gasteiger partial charge >= 0.3 is 0 Å². The summed E-state index contributed by atoms with van der Waals surface area (Å²) in [4.78, 5) is 1.94. The summed E-state index contributed by atoms with van der Waals surface area (Å²) in [6.07, 6.45) is 3.16. The van der Waals surface area contributed by atoms with Crippen LogP contribution in [0.4, 0.5) is 10.1 Å². The number of nitrogens with two attached hydrogens (primary N) is 1. The lowest BCUT2D eigenvalue weighted by molar-refractivity contribution is 0.322. The van der Waals surface area contributed by atoms with E-state index in [1.165, 1.54) is 31.9 Å². The van der Waals surface area contributed by atoms with E-state index in [1.54, 1.807) is 0 Å². The molecule has 116 valence electrons. The molecule has 5 nitrogen and oxygen atoms in total. The Balaban J connectivity index is 1.78. The highest BCUT2D eigenvalue weighted by molar-refractivity contribution is 7.89. The predicted octanol–water partition coefficient (Wildman–Crippen LogP) is 1.23. The molecule has 0 aromatic heterocycles. The molecule has 1 aromatic carbocycles. The molecule has 2 fully saturated rings. The SMILES string of the molecule is Cc1cc(N)cc(S(=O)(=O)NC2CCN(C3CC3)C2)c1F. The minimum atomic E-state index is -3.88. The van der Waals surface area contributed by atoms with Crippen LogP contribution >= 0.6 is 0 Å². The van der Waals surface area contributed by atoms with Crippen molar-refractivity contribution >= 4 is 15.7 Å². The number of sulfonamides is 1. The van der Waals surface area contributed by atoms with Gasteiger partial charge in [0.2, 0.25) is 10.0 Å². The summed E-state index contributed by atoms with van der Waals surface area (Å²) in [5.41, 5.74) is 6.12. The van der Waals surface area contributed by atoms with Crippen LogP contribution in [0.5, 0.6) is 0 Å². The lowest BCUT2D eigenvalue weighted by atomic mass is 10.2. The molecule has 1 aliphatic carbocycles. The zero-order valence-corrected chi connectivity index (χ0v) is 12.8. The second-order valence-corrected chi connectivity index (χ2v) is 7.67. The van der Waals surface area contributed by atoms with Gasteiger partial charge in [-0.3, -0.25) is 4.90 Å². The molecule has 21 heavy (non-hydrogen) atoms. The van der Waals surface area contributed by atoms with Gasteiger partial charge in [0.25, 0.3) is 0 Å². The summed E-state index contributed by atoms with van der Waals surface area (Å²) in [5.74, 6) is -0.728. The molecule has 1 aliphatic heterocycles. The molecule has 7 heteroatoms. The van der Waals surface area contributed by atoms with E-state index in [2.05, 4.69) is 9.62 Å². The third-order valence-electron chi connectivity index (χ3n) is 4.14.